The molecule has 2 fully saturated rings. The first-order valence-electron chi connectivity index (χ1n) is 10.5. The SMILES string of the molecule is CC(C)(C)OC(=O)N1CCCC(c2ccc(NC3CCC(=O)NC3=O)cc2F)CC1. The molecule has 8 heteroatoms. The summed E-state index contributed by atoms with van der Waals surface area (Å²) >= 11 is 0. The first-order valence-corrected chi connectivity index (χ1v) is 10.5. The van der Waals surface area contributed by atoms with Crippen LogP contribution in [-0.4, -0.2) is 47.5 Å². The van der Waals surface area contributed by atoms with Crippen molar-refractivity contribution in [2.24, 2.45) is 0 Å². The van der Waals surface area contributed by atoms with Crippen molar-refractivity contribution in [3.8, 4) is 0 Å². The minimum absolute atomic E-state index is 0.0158. The molecule has 0 spiro atoms. The number of hydrogen-bond acceptors (Lipinski definition) is 5. The number of piperidine rings is 1. The zero-order valence-electron chi connectivity index (χ0n) is 17.8. The van der Waals surface area contributed by atoms with Crippen LogP contribution in [0.15, 0.2) is 18.2 Å². The van der Waals surface area contributed by atoms with Crippen LogP contribution in [0.2, 0.25) is 0 Å². The minimum Gasteiger partial charge on any atom is -0.444 e. The van der Waals surface area contributed by atoms with Crippen LogP contribution in [-0.2, 0) is 14.3 Å². The number of hydrogen-bond donors (Lipinski definition) is 2. The molecule has 164 valence electrons. The molecule has 2 aliphatic heterocycles. The number of benzene rings is 1. The molecule has 2 N–H and O–H groups in total. The number of nitrogens with zero attached hydrogens (tertiary/aromatic N) is 1. The number of imide groups is 1. The summed E-state index contributed by atoms with van der Waals surface area (Å²) in [6, 6.07) is 4.36. The largest absolute Gasteiger partial charge is 0.444 e. The highest BCUT2D eigenvalue weighted by molar-refractivity contribution is 6.01. The third-order valence-electron chi connectivity index (χ3n) is 5.40. The molecule has 30 heavy (non-hydrogen) atoms. The van der Waals surface area contributed by atoms with E-state index in [0.717, 1.165) is 12.8 Å². The maximum atomic E-state index is 14.9. The maximum absolute atomic E-state index is 14.9. The van der Waals surface area contributed by atoms with Crippen LogP contribution >= 0.6 is 0 Å². The van der Waals surface area contributed by atoms with Gasteiger partial charge in [-0.2, -0.15) is 0 Å². The summed E-state index contributed by atoms with van der Waals surface area (Å²) in [5.74, 6) is -0.986. The summed E-state index contributed by atoms with van der Waals surface area (Å²) in [5.41, 5.74) is 0.588. The van der Waals surface area contributed by atoms with Gasteiger partial charge in [-0.05, 0) is 70.1 Å². The van der Waals surface area contributed by atoms with Gasteiger partial charge in [0.05, 0.1) is 0 Å². The van der Waals surface area contributed by atoms with Crippen LogP contribution in [0, 0.1) is 5.82 Å². The minimum atomic E-state index is -0.548. The molecule has 3 rings (SSSR count). The molecule has 2 aliphatic rings. The van der Waals surface area contributed by atoms with Gasteiger partial charge in [-0.25, -0.2) is 9.18 Å². The first kappa shape index (κ1) is 22.1. The van der Waals surface area contributed by atoms with Gasteiger partial charge in [0, 0.05) is 25.2 Å². The number of nitrogens with one attached hydrogen (secondary N) is 2. The molecule has 1 aromatic carbocycles. The number of ether oxygens (including phenoxy) is 1. The Bertz CT molecular complexity index is 821. The summed E-state index contributed by atoms with van der Waals surface area (Å²) in [5, 5.41) is 5.29. The average molecular weight is 419 g/mol. The fourth-order valence-electron chi connectivity index (χ4n) is 3.90. The van der Waals surface area contributed by atoms with E-state index in [2.05, 4.69) is 10.6 Å². The lowest BCUT2D eigenvalue weighted by molar-refractivity contribution is -0.133. The number of carbonyl (C=O) groups excluding carboxylic acids is 3. The number of rotatable bonds is 3. The van der Waals surface area contributed by atoms with Crippen molar-refractivity contribution in [2.75, 3.05) is 18.4 Å². The smallest absolute Gasteiger partial charge is 0.410 e. The molecule has 2 saturated heterocycles. The van der Waals surface area contributed by atoms with Crippen molar-refractivity contribution >= 4 is 23.6 Å². The number of halogens is 1. The Morgan fingerprint density at radius 3 is 2.63 bits per heavy atom. The van der Waals surface area contributed by atoms with Crippen molar-refractivity contribution in [3.63, 3.8) is 0 Å². The second kappa shape index (κ2) is 9.02. The Morgan fingerprint density at radius 1 is 1.20 bits per heavy atom. The number of anilines is 1. The van der Waals surface area contributed by atoms with Crippen LogP contribution in [0.4, 0.5) is 14.9 Å². The van der Waals surface area contributed by atoms with Crippen LogP contribution in [0.3, 0.4) is 0 Å². The summed E-state index contributed by atoms with van der Waals surface area (Å²) in [4.78, 5) is 37.2. The fraction of sp³-hybridized carbons (Fsp3) is 0.591. The van der Waals surface area contributed by atoms with E-state index in [4.69, 9.17) is 4.74 Å². The number of likely N-dealkylation sites (tertiary alicyclic amines) is 1. The quantitative estimate of drug-likeness (QED) is 0.732. The van der Waals surface area contributed by atoms with Crippen LogP contribution < -0.4 is 10.6 Å². The highest BCUT2D eigenvalue weighted by atomic mass is 19.1. The van der Waals surface area contributed by atoms with Crippen molar-refractivity contribution < 1.29 is 23.5 Å². The molecule has 7 nitrogen and oxygen atoms in total. The lowest BCUT2D eigenvalue weighted by Gasteiger charge is -2.26. The third-order valence-corrected chi connectivity index (χ3v) is 5.40. The molecule has 0 saturated carbocycles. The molecule has 2 unspecified atom stereocenters. The second-order valence-corrected chi connectivity index (χ2v) is 8.98. The van der Waals surface area contributed by atoms with E-state index in [9.17, 15) is 18.8 Å². The molecule has 1 aromatic rings. The van der Waals surface area contributed by atoms with Gasteiger partial charge in [-0.3, -0.25) is 14.9 Å². The fourth-order valence-corrected chi connectivity index (χ4v) is 3.90. The molecule has 2 atom stereocenters. The molecular formula is C22H30FN3O4. The van der Waals surface area contributed by atoms with E-state index < -0.39 is 11.6 Å². The molecule has 0 radical (unpaired) electrons. The van der Waals surface area contributed by atoms with E-state index in [1.807, 2.05) is 20.8 Å². The Hall–Kier alpha value is -2.64. The molecule has 2 heterocycles. The van der Waals surface area contributed by atoms with Crippen molar-refractivity contribution in [3.05, 3.63) is 29.6 Å². The first-order chi connectivity index (χ1) is 14.1. The van der Waals surface area contributed by atoms with Crippen LogP contribution in [0.25, 0.3) is 0 Å². The van der Waals surface area contributed by atoms with Crippen molar-refractivity contribution in [1.82, 2.24) is 10.2 Å². The normalized spacial score (nSPS) is 22.9. The van der Waals surface area contributed by atoms with Gasteiger partial charge in [-0.1, -0.05) is 6.07 Å². The molecular weight excluding hydrogens is 389 g/mol. The Kier molecular flexibility index (Phi) is 6.63. The van der Waals surface area contributed by atoms with Crippen LogP contribution in [0.1, 0.15) is 64.4 Å². The van der Waals surface area contributed by atoms with E-state index in [1.54, 1.807) is 17.0 Å². The number of carbonyl (C=O) groups is 3. The Labute approximate surface area is 176 Å². The molecule has 0 aromatic heterocycles. The topological polar surface area (TPSA) is 87.7 Å². The van der Waals surface area contributed by atoms with Crippen molar-refractivity contribution in [1.29, 1.82) is 0 Å². The summed E-state index contributed by atoms with van der Waals surface area (Å²) < 4.78 is 20.3. The van der Waals surface area contributed by atoms with E-state index in [1.165, 1.54) is 6.07 Å². The van der Waals surface area contributed by atoms with Gasteiger partial charge < -0.3 is 15.0 Å². The zero-order chi connectivity index (χ0) is 21.9. The summed E-state index contributed by atoms with van der Waals surface area (Å²) in [6.45, 7) is 6.64. The third kappa shape index (κ3) is 5.70. The average Bonchev–Trinajstić information content (AvgIpc) is 2.89. The van der Waals surface area contributed by atoms with E-state index in [-0.39, 0.29) is 36.1 Å². The highest BCUT2D eigenvalue weighted by Gasteiger charge is 2.28. The van der Waals surface area contributed by atoms with E-state index in [0.29, 0.717) is 37.2 Å². The predicted octanol–water partition coefficient (Wildman–Crippen LogP) is 3.55. The van der Waals surface area contributed by atoms with Gasteiger partial charge in [0.25, 0.3) is 0 Å². The van der Waals surface area contributed by atoms with Gasteiger partial charge in [0.1, 0.15) is 17.5 Å². The predicted molar refractivity (Wildman–Crippen MR) is 111 cm³/mol. The maximum Gasteiger partial charge on any atom is 0.410 e. The van der Waals surface area contributed by atoms with Crippen molar-refractivity contribution in [2.45, 2.75) is 70.4 Å². The highest BCUT2D eigenvalue weighted by Crippen LogP contribution is 2.32. The van der Waals surface area contributed by atoms with Gasteiger partial charge >= 0.3 is 6.09 Å². The van der Waals surface area contributed by atoms with E-state index >= 15 is 0 Å². The molecule has 0 aliphatic carbocycles. The lowest BCUT2D eigenvalue weighted by atomic mass is 9.91. The Morgan fingerprint density at radius 2 is 1.97 bits per heavy atom. The summed E-state index contributed by atoms with van der Waals surface area (Å²) in [7, 11) is 0. The van der Waals surface area contributed by atoms with Gasteiger partial charge in [-0.15, -0.1) is 0 Å². The monoisotopic (exact) mass is 419 g/mol. The van der Waals surface area contributed by atoms with Gasteiger partial charge in [0.2, 0.25) is 11.8 Å². The second-order valence-electron chi connectivity index (χ2n) is 8.98. The molecule has 3 amide bonds. The lowest BCUT2D eigenvalue weighted by Crippen LogP contribution is -2.47. The number of amides is 3. The summed E-state index contributed by atoms with van der Waals surface area (Å²) in [6.07, 6.45) is 2.55. The zero-order valence-corrected chi connectivity index (χ0v) is 17.8. The molecule has 0 bridgehead atoms. The Balaban J connectivity index is 1.62. The standard InChI is InChI=1S/C22H30FN3O4/c1-22(2,3)30-21(29)26-11-4-5-14(10-12-26)16-7-6-15(13-17(16)23)24-18-8-9-19(27)25-20(18)28/h6-7,13-14,18,24H,4-5,8-12H2,1-3H3,(H,25,27,28). The van der Waals surface area contributed by atoms with Gasteiger partial charge in [0.15, 0.2) is 0 Å². The van der Waals surface area contributed by atoms with Crippen LogP contribution in [0.5, 0.6) is 0 Å².